The van der Waals surface area contributed by atoms with Gasteiger partial charge in [0.25, 0.3) is 5.69 Å². The molecule has 0 aromatic heterocycles. The van der Waals surface area contributed by atoms with Crippen LogP contribution in [0.15, 0.2) is 42.5 Å². The van der Waals surface area contributed by atoms with E-state index in [9.17, 15) is 28.1 Å². The van der Waals surface area contributed by atoms with E-state index < -0.39 is 33.4 Å². The van der Waals surface area contributed by atoms with E-state index in [0.717, 1.165) is 34.2 Å². The highest BCUT2D eigenvalue weighted by atomic mass is 32.2. The van der Waals surface area contributed by atoms with Crippen molar-refractivity contribution < 1.29 is 22.9 Å². The van der Waals surface area contributed by atoms with Crippen LogP contribution in [-0.2, 0) is 26.2 Å². The lowest BCUT2D eigenvalue weighted by Gasteiger charge is -2.33. The van der Waals surface area contributed by atoms with Gasteiger partial charge in [-0.25, -0.2) is 8.42 Å². The molecule has 1 N–H and O–H groups in total. The summed E-state index contributed by atoms with van der Waals surface area (Å²) in [6.07, 6.45) is 1.99. The molecule has 0 aliphatic heterocycles. The molecule has 0 saturated heterocycles. The van der Waals surface area contributed by atoms with Gasteiger partial charge in [0.1, 0.15) is 12.6 Å². The standard InChI is InChI=1S/C25H34N4O6S/c1-6-14-26-25(31)22(7-2)27(16-20-11-9-8-10-18(20)3)24(30)17-28(36(5,34)35)23-15-21(29(32)33)13-12-19(23)4/h8-13,15,22H,6-7,14,16-17H2,1-5H3,(H,26,31). The van der Waals surface area contributed by atoms with E-state index in [1.165, 1.54) is 17.0 Å². The Morgan fingerprint density at radius 1 is 1.08 bits per heavy atom. The lowest BCUT2D eigenvalue weighted by Crippen LogP contribution is -2.52. The third-order valence-corrected chi connectivity index (χ3v) is 7.01. The molecule has 0 aliphatic carbocycles. The second kappa shape index (κ2) is 12.5. The normalized spacial score (nSPS) is 12.0. The molecule has 36 heavy (non-hydrogen) atoms. The van der Waals surface area contributed by atoms with Crippen molar-refractivity contribution in [2.75, 3.05) is 23.7 Å². The number of anilines is 1. The highest BCUT2D eigenvalue weighted by Gasteiger charge is 2.32. The highest BCUT2D eigenvalue weighted by molar-refractivity contribution is 7.92. The molecule has 0 aliphatic rings. The van der Waals surface area contributed by atoms with Gasteiger partial charge in [0.2, 0.25) is 21.8 Å². The Morgan fingerprint density at radius 3 is 2.31 bits per heavy atom. The number of benzene rings is 2. The number of hydrogen-bond donors (Lipinski definition) is 1. The van der Waals surface area contributed by atoms with Crippen molar-refractivity contribution in [1.82, 2.24) is 10.2 Å². The van der Waals surface area contributed by atoms with Crippen molar-refractivity contribution in [3.63, 3.8) is 0 Å². The van der Waals surface area contributed by atoms with Crippen molar-refractivity contribution in [3.8, 4) is 0 Å². The van der Waals surface area contributed by atoms with Crippen LogP contribution < -0.4 is 9.62 Å². The van der Waals surface area contributed by atoms with Crippen LogP contribution in [0.25, 0.3) is 0 Å². The Morgan fingerprint density at radius 2 is 1.75 bits per heavy atom. The van der Waals surface area contributed by atoms with E-state index in [4.69, 9.17) is 0 Å². The maximum absolute atomic E-state index is 13.7. The van der Waals surface area contributed by atoms with Gasteiger partial charge in [-0.05, 0) is 43.4 Å². The van der Waals surface area contributed by atoms with E-state index in [2.05, 4.69) is 5.32 Å². The highest BCUT2D eigenvalue weighted by Crippen LogP contribution is 2.28. The van der Waals surface area contributed by atoms with Gasteiger partial charge in [-0.2, -0.15) is 0 Å². The zero-order valence-electron chi connectivity index (χ0n) is 21.4. The molecule has 0 bridgehead atoms. The summed E-state index contributed by atoms with van der Waals surface area (Å²) in [6, 6.07) is 10.5. The number of hydrogen-bond acceptors (Lipinski definition) is 6. The third kappa shape index (κ3) is 7.27. The Hall–Kier alpha value is -3.47. The number of aryl methyl sites for hydroxylation is 2. The SMILES string of the molecule is CCCNC(=O)C(CC)N(Cc1ccccc1C)C(=O)CN(c1cc([N+](=O)[O-])ccc1C)S(C)(=O)=O. The summed E-state index contributed by atoms with van der Waals surface area (Å²) in [5.74, 6) is -0.910. The molecule has 0 spiro atoms. The predicted octanol–water partition coefficient (Wildman–Crippen LogP) is 3.31. The first-order valence-electron chi connectivity index (χ1n) is 11.7. The third-order valence-electron chi connectivity index (χ3n) is 5.89. The molecule has 2 rings (SSSR count). The monoisotopic (exact) mass is 518 g/mol. The van der Waals surface area contributed by atoms with Gasteiger partial charge >= 0.3 is 0 Å². The minimum Gasteiger partial charge on any atom is -0.354 e. The Kier molecular flexibility index (Phi) is 9.97. The van der Waals surface area contributed by atoms with Gasteiger partial charge in [-0.15, -0.1) is 0 Å². The van der Waals surface area contributed by atoms with Crippen LogP contribution in [0, 0.1) is 24.0 Å². The lowest BCUT2D eigenvalue weighted by molar-refractivity contribution is -0.384. The number of nitro groups is 1. The van der Waals surface area contributed by atoms with Gasteiger partial charge in [-0.3, -0.25) is 24.0 Å². The van der Waals surface area contributed by atoms with Gasteiger partial charge in [0.15, 0.2) is 0 Å². The molecule has 11 heteroatoms. The molecule has 2 aromatic rings. The van der Waals surface area contributed by atoms with Gasteiger partial charge < -0.3 is 10.2 Å². The van der Waals surface area contributed by atoms with Crippen LogP contribution in [0.2, 0.25) is 0 Å². The fourth-order valence-electron chi connectivity index (χ4n) is 3.83. The van der Waals surface area contributed by atoms with E-state index in [0.29, 0.717) is 18.5 Å². The minimum atomic E-state index is -4.00. The molecule has 196 valence electrons. The molecule has 1 atom stereocenters. The van der Waals surface area contributed by atoms with Crippen LogP contribution in [0.5, 0.6) is 0 Å². The topological polar surface area (TPSA) is 130 Å². The zero-order chi connectivity index (χ0) is 27.0. The quantitative estimate of drug-likeness (QED) is 0.339. The van der Waals surface area contributed by atoms with Crippen LogP contribution in [0.3, 0.4) is 0 Å². The molecule has 0 fully saturated rings. The number of nitrogens with one attached hydrogen (secondary N) is 1. The van der Waals surface area contributed by atoms with Crippen LogP contribution in [0.1, 0.15) is 43.4 Å². The molecule has 2 aromatic carbocycles. The maximum Gasteiger partial charge on any atom is 0.271 e. The fraction of sp³-hybridized carbons (Fsp3) is 0.440. The molecular weight excluding hydrogens is 484 g/mol. The summed E-state index contributed by atoms with van der Waals surface area (Å²) in [5, 5.41) is 14.1. The van der Waals surface area contributed by atoms with Gasteiger partial charge in [-0.1, -0.05) is 44.2 Å². The zero-order valence-corrected chi connectivity index (χ0v) is 22.2. The Bertz CT molecular complexity index is 1210. The number of sulfonamides is 1. The van der Waals surface area contributed by atoms with Crippen LogP contribution in [0.4, 0.5) is 11.4 Å². The maximum atomic E-state index is 13.7. The molecule has 1 unspecified atom stereocenters. The molecule has 2 amide bonds. The van der Waals surface area contributed by atoms with E-state index in [1.807, 2.05) is 38.1 Å². The average molecular weight is 519 g/mol. The van der Waals surface area contributed by atoms with Crippen molar-refractivity contribution in [3.05, 3.63) is 69.3 Å². The van der Waals surface area contributed by atoms with Crippen molar-refractivity contribution in [2.45, 2.75) is 53.1 Å². The second-order valence-corrected chi connectivity index (χ2v) is 10.6. The molecule has 10 nitrogen and oxygen atoms in total. The lowest BCUT2D eigenvalue weighted by atomic mass is 10.1. The molecule has 0 heterocycles. The van der Waals surface area contributed by atoms with Crippen molar-refractivity contribution in [1.29, 1.82) is 0 Å². The van der Waals surface area contributed by atoms with Crippen molar-refractivity contribution >= 4 is 33.2 Å². The first kappa shape index (κ1) is 28.8. The first-order valence-corrected chi connectivity index (χ1v) is 13.6. The smallest absolute Gasteiger partial charge is 0.271 e. The van der Waals surface area contributed by atoms with E-state index >= 15 is 0 Å². The van der Waals surface area contributed by atoms with Crippen LogP contribution >= 0.6 is 0 Å². The van der Waals surface area contributed by atoms with Gasteiger partial charge in [0.05, 0.1) is 16.9 Å². The van der Waals surface area contributed by atoms with E-state index in [1.54, 1.807) is 13.8 Å². The average Bonchev–Trinajstić information content (AvgIpc) is 2.81. The predicted molar refractivity (Wildman–Crippen MR) is 139 cm³/mol. The molecule has 0 saturated carbocycles. The molecule has 0 radical (unpaired) electrons. The first-order chi connectivity index (χ1) is 16.9. The summed E-state index contributed by atoms with van der Waals surface area (Å²) in [7, 11) is -4.00. The summed E-state index contributed by atoms with van der Waals surface area (Å²) in [4.78, 5) is 38.7. The number of amides is 2. The number of non-ortho nitro benzene ring substituents is 1. The summed E-state index contributed by atoms with van der Waals surface area (Å²) in [5.41, 5.74) is 1.95. The second-order valence-electron chi connectivity index (χ2n) is 8.66. The summed E-state index contributed by atoms with van der Waals surface area (Å²) in [6.45, 7) is 7.16. The van der Waals surface area contributed by atoms with Crippen LogP contribution in [-0.4, -0.2) is 55.4 Å². The number of rotatable bonds is 12. The summed E-state index contributed by atoms with van der Waals surface area (Å²) >= 11 is 0. The Labute approximate surface area is 212 Å². The molecular formula is C25H34N4O6S. The number of nitrogens with zero attached hydrogens (tertiary/aromatic N) is 3. The largest absolute Gasteiger partial charge is 0.354 e. The number of nitro benzene ring substituents is 1. The summed E-state index contributed by atoms with van der Waals surface area (Å²) < 4.78 is 26.4. The van der Waals surface area contributed by atoms with E-state index in [-0.39, 0.29) is 23.8 Å². The number of carbonyl (C=O) groups is 2. The Balaban J connectivity index is 2.53. The van der Waals surface area contributed by atoms with Gasteiger partial charge in [0, 0.05) is 25.2 Å². The number of carbonyl (C=O) groups excluding carboxylic acids is 2. The van der Waals surface area contributed by atoms with Crippen molar-refractivity contribution in [2.24, 2.45) is 0 Å². The fourth-order valence-corrected chi connectivity index (χ4v) is 4.73. The minimum absolute atomic E-state index is 0.0411.